The molecule has 196 valence electrons. The Morgan fingerprint density at radius 2 is 1.68 bits per heavy atom. The summed E-state index contributed by atoms with van der Waals surface area (Å²) in [6.45, 7) is 3.09. The van der Waals surface area contributed by atoms with Gasteiger partial charge in [0.1, 0.15) is 5.82 Å². The molecule has 0 spiro atoms. The molecule has 0 unspecified atom stereocenters. The first-order valence-electron chi connectivity index (χ1n) is 11.9. The quantitative estimate of drug-likeness (QED) is 0.301. The van der Waals surface area contributed by atoms with Gasteiger partial charge in [-0.3, -0.25) is 23.9 Å². The van der Waals surface area contributed by atoms with Crippen molar-refractivity contribution in [1.82, 2.24) is 14.5 Å². The van der Waals surface area contributed by atoms with Gasteiger partial charge in [-0.05, 0) is 17.5 Å². The van der Waals surface area contributed by atoms with Crippen LogP contribution in [-0.4, -0.2) is 39.6 Å². The molecule has 0 saturated carbocycles. The van der Waals surface area contributed by atoms with Crippen molar-refractivity contribution in [1.29, 1.82) is 0 Å². The van der Waals surface area contributed by atoms with Gasteiger partial charge in [0.25, 0.3) is 11.5 Å². The fraction of sp³-hybridized carbons (Fsp3) is 0.222. The van der Waals surface area contributed by atoms with Gasteiger partial charge in [0.2, 0.25) is 5.56 Å². The molecule has 11 heteroatoms. The number of amides is 1. The lowest BCUT2D eigenvalue weighted by Crippen LogP contribution is -2.44. The number of rotatable bonds is 8. The minimum absolute atomic E-state index is 0.00123. The number of aromatic nitrogens is 3. The average molecular weight is 518 g/mol. The molecule has 0 aliphatic rings. The largest absolute Gasteiger partial charge is 0.452 e. The number of carbonyl (C=O) groups excluding carboxylic acids is 2. The van der Waals surface area contributed by atoms with E-state index in [1.165, 1.54) is 4.57 Å². The molecule has 4 rings (SSSR count). The highest BCUT2D eigenvalue weighted by molar-refractivity contribution is 6.04. The third-order valence-electron chi connectivity index (χ3n) is 5.81. The lowest BCUT2D eigenvalue weighted by Gasteiger charge is -2.26. The van der Waals surface area contributed by atoms with E-state index in [2.05, 4.69) is 9.97 Å². The van der Waals surface area contributed by atoms with E-state index in [1.54, 1.807) is 48.5 Å². The highest BCUT2D eigenvalue weighted by Gasteiger charge is 2.26. The van der Waals surface area contributed by atoms with Crippen molar-refractivity contribution in [2.75, 3.05) is 23.8 Å². The van der Waals surface area contributed by atoms with Gasteiger partial charge in [0.05, 0.1) is 12.1 Å². The zero-order valence-corrected chi connectivity index (χ0v) is 20.9. The van der Waals surface area contributed by atoms with Gasteiger partial charge in [-0.25, -0.2) is 9.59 Å². The summed E-state index contributed by atoms with van der Waals surface area (Å²) in [4.78, 5) is 69.5. The summed E-state index contributed by atoms with van der Waals surface area (Å²) in [7, 11) is 0. The average Bonchev–Trinajstić information content (AvgIpc) is 2.88. The summed E-state index contributed by atoms with van der Waals surface area (Å²) < 4.78 is 6.43. The summed E-state index contributed by atoms with van der Waals surface area (Å²) in [5.41, 5.74) is 5.22. The number of nitrogens with two attached hydrogens (primary N) is 1. The summed E-state index contributed by atoms with van der Waals surface area (Å²) in [5.74, 6) is -1.88. The number of carbonyl (C=O) groups is 2. The molecular formula is C27H27N5O6. The first kappa shape index (κ1) is 26.1. The fourth-order valence-electron chi connectivity index (χ4n) is 4.10. The van der Waals surface area contributed by atoms with Crippen molar-refractivity contribution in [3.05, 3.63) is 103 Å². The van der Waals surface area contributed by atoms with E-state index in [0.29, 0.717) is 10.9 Å². The Balaban J connectivity index is 1.64. The zero-order chi connectivity index (χ0) is 27.4. The van der Waals surface area contributed by atoms with Crippen LogP contribution in [0.25, 0.3) is 10.9 Å². The molecule has 11 nitrogen and oxygen atoms in total. The van der Waals surface area contributed by atoms with Crippen LogP contribution in [0, 0.1) is 5.92 Å². The maximum Gasteiger partial charge on any atom is 0.339 e. The Kier molecular flexibility index (Phi) is 7.56. The van der Waals surface area contributed by atoms with Crippen LogP contribution < -0.4 is 27.4 Å². The smallest absolute Gasteiger partial charge is 0.339 e. The number of anilines is 2. The predicted octanol–water partition coefficient (Wildman–Crippen LogP) is 1.85. The van der Waals surface area contributed by atoms with Crippen LogP contribution in [0.5, 0.6) is 0 Å². The Hall–Kier alpha value is -4.93. The van der Waals surface area contributed by atoms with Crippen LogP contribution in [0.3, 0.4) is 0 Å². The molecule has 4 N–H and O–H groups in total. The first-order chi connectivity index (χ1) is 18.2. The Labute approximate surface area is 216 Å². The van der Waals surface area contributed by atoms with Crippen molar-refractivity contribution < 1.29 is 14.3 Å². The number of H-pyrrole nitrogens is 2. The maximum absolute atomic E-state index is 13.3. The highest BCUT2D eigenvalue weighted by atomic mass is 16.5. The third-order valence-corrected chi connectivity index (χ3v) is 5.81. The molecule has 0 atom stereocenters. The van der Waals surface area contributed by atoms with Gasteiger partial charge in [0, 0.05) is 23.5 Å². The molecule has 38 heavy (non-hydrogen) atoms. The summed E-state index contributed by atoms with van der Waals surface area (Å²) in [5, 5.41) is 0.456. The van der Waals surface area contributed by atoms with Gasteiger partial charge in [-0.2, -0.15) is 0 Å². The van der Waals surface area contributed by atoms with E-state index in [-0.39, 0.29) is 36.1 Å². The standard InChI is InChI=1S/C27H27N5O6/c1-16(2)13-31(23-24(28)32(27(37)30-25(23)35)14-17-8-4-3-5-9-17)22(34)15-38-26(36)19-12-21(33)29-20-11-7-6-10-18(19)20/h3-12,16H,13-15,28H2,1-2H3,(H,29,33)(H,30,35,37). The van der Waals surface area contributed by atoms with Gasteiger partial charge in [-0.15, -0.1) is 0 Å². The van der Waals surface area contributed by atoms with Crippen LogP contribution in [0.2, 0.25) is 0 Å². The van der Waals surface area contributed by atoms with E-state index in [1.807, 2.05) is 19.9 Å². The number of nitrogens with one attached hydrogen (secondary N) is 2. The molecule has 0 aliphatic carbocycles. The number of para-hydroxylation sites is 1. The second-order valence-electron chi connectivity index (χ2n) is 9.13. The number of pyridine rings is 1. The first-order valence-corrected chi connectivity index (χ1v) is 11.9. The highest BCUT2D eigenvalue weighted by Crippen LogP contribution is 2.20. The van der Waals surface area contributed by atoms with Crippen molar-refractivity contribution in [2.24, 2.45) is 5.92 Å². The molecule has 2 aromatic carbocycles. The minimum atomic E-state index is -0.874. The second kappa shape index (κ2) is 11.0. The van der Waals surface area contributed by atoms with Crippen LogP contribution >= 0.6 is 0 Å². The number of aromatic amines is 2. The molecule has 0 bridgehead atoms. The number of hydrogen-bond acceptors (Lipinski definition) is 7. The predicted molar refractivity (Wildman–Crippen MR) is 143 cm³/mol. The lowest BCUT2D eigenvalue weighted by atomic mass is 10.1. The normalized spacial score (nSPS) is 11.0. The molecule has 2 aromatic heterocycles. The molecule has 0 radical (unpaired) electrons. The van der Waals surface area contributed by atoms with Crippen LogP contribution in [-0.2, 0) is 16.1 Å². The van der Waals surface area contributed by atoms with E-state index < -0.39 is 35.3 Å². The van der Waals surface area contributed by atoms with Gasteiger partial charge in [0.15, 0.2) is 12.3 Å². The van der Waals surface area contributed by atoms with Gasteiger partial charge < -0.3 is 20.4 Å². The fourth-order valence-corrected chi connectivity index (χ4v) is 4.10. The molecule has 0 fully saturated rings. The van der Waals surface area contributed by atoms with E-state index in [9.17, 15) is 24.0 Å². The Morgan fingerprint density at radius 1 is 1.00 bits per heavy atom. The number of fused-ring (bicyclic) bond motifs is 1. The number of esters is 1. The van der Waals surface area contributed by atoms with Crippen molar-refractivity contribution in [3.8, 4) is 0 Å². The molecule has 4 aromatic rings. The number of hydrogen-bond donors (Lipinski definition) is 3. The summed E-state index contributed by atoms with van der Waals surface area (Å²) in [6, 6.07) is 16.8. The van der Waals surface area contributed by atoms with Crippen LogP contribution in [0.4, 0.5) is 11.5 Å². The third kappa shape index (κ3) is 5.56. The van der Waals surface area contributed by atoms with Crippen LogP contribution in [0.15, 0.2) is 75.0 Å². The summed E-state index contributed by atoms with van der Waals surface area (Å²) >= 11 is 0. The molecule has 0 saturated heterocycles. The SMILES string of the molecule is CC(C)CN(C(=O)COC(=O)c1cc(=O)[nH]c2ccccc12)c1c(N)n(Cc2ccccc2)c(=O)[nH]c1=O. The Bertz CT molecular complexity index is 1670. The molecule has 1 amide bonds. The number of nitrogen functional groups attached to an aromatic ring is 1. The number of benzene rings is 2. The second-order valence-corrected chi connectivity index (χ2v) is 9.13. The maximum atomic E-state index is 13.3. The van der Waals surface area contributed by atoms with E-state index in [0.717, 1.165) is 16.5 Å². The summed E-state index contributed by atoms with van der Waals surface area (Å²) in [6.07, 6.45) is 0. The van der Waals surface area contributed by atoms with E-state index >= 15 is 0 Å². The Morgan fingerprint density at radius 3 is 2.39 bits per heavy atom. The van der Waals surface area contributed by atoms with E-state index in [4.69, 9.17) is 10.5 Å². The topological polar surface area (TPSA) is 160 Å². The number of ether oxygens (including phenoxy) is 1. The molecular weight excluding hydrogens is 490 g/mol. The minimum Gasteiger partial charge on any atom is -0.452 e. The van der Waals surface area contributed by atoms with Crippen molar-refractivity contribution >= 4 is 34.3 Å². The zero-order valence-electron chi connectivity index (χ0n) is 20.9. The van der Waals surface area contributed by atoms with Crippen molar-refractivity contribution in [3.63, 3.8) is 0 Å². The molecule has 2 heterocycles. The van der Waals surface area contributed by atoms with Crippen LogP contribution in [0.1, 0.15) is 29.8 Å². The monoisotopic (exact) mass is 517 g/mol. The van der Waals surface area contributed by atoms with Gasteiger partial charge >= 0.3 is 11.7 Å². The van der Waals surface area contributed by atoms with Crippen molar-refractivity contribution in [2.45, 2.75) is 20.4 Å². The lowest BCUT2D eigenvalue weighted by molar-refractivity contribution is -0.121. The number of nitrogens with zero attached hydrogens (tertiary/aromatic N) is 2. The molecule has 0 aliphatic heterocycles. The van der Waals surface area contributed by atoms with Gasteiger partial charge in [-0.1, -0.05) is 62.4 Å².